The molecule has 0 aromatic heterocycles. The number of hydrogen-bond donors (Lipinski definition) is 2. The molecule has 0 aliphatic heterocycles. The molecule has 0 bridgehead atoms. The van der Waals surface area contributed by atoms with Gasteiger partial charge in [0.1, 0.15) is 0 Å². The lowest BCUT2D eigenvalue weighted by atomic mass is 9.96. The number of halogens is 2. The number of benzene rings is 1. The van der Waals surface area contributed by atoms with E-state index in [4.69, 9.17) is 26.8 Å². The van der Waals surface area contributed by atoms with E-state index in [1.54, 1.807) is 26.2 Å². The molecule has 1 unspecified atom stereocenters. The van der Waals surface area contributed by atoms with Crippen LogP contribution in [0.15, 0.2) is 12.1 Å². The molecule has 7 heteroatoms. The Morgan fingerprint density at radius 3 is 2.57 bits per heavy atom. The minimum Gasteiger partial charge on any atom is -0.493 e. The average Bonchev–Trinajstić information content (AvgIpc) is 2.46. The highest BCUT2D eigenvalue weighted by atomic mass is 35.5. The minimum atomic E-state index is -0.867. The van der Waals surface area contributed by atoms with E-state index in [9.17, 15) is 4.79 Å². The predicted molar refractivity (Wildman–Crippen MR) is 95.8 cm³/mol. The normalized spacial score (nSPS) is 12.8. The third kappa shape index (κ3) is 6.09. The van der Waals surface area contributed by atoms with Crippen molar-refractivity contribution in [3.63, 3.8) is 0 Å². The molecule has 3 N–H and O–H groups in total. The smallest absolute Gasteiger partial charge is 0.240 e. The molecule has 1 atom stereocenters. The molecule has 0 fully saturated rings. The van der Waals surface area contributed by atoms with Gasteiger partial charge in [-0.3, -0.25) is 4.79 Å². The molecular weight excluding hydrogens is 339 g/mol. The lowest BCUT2D eigenvalue weighted by Crippen LogP contribution is -2.51. The minimum absolute atomic E-state index is 0. The molecule has 132 valence electrons. The van der Waals surface area contributed by atoms with E-state index in [0.717, 1.165) is 12.0 Å². The van der Waals surface area contributed by atoms with Crippen molar-refractivity contribution in [2.45, 2.75) is 45.7 Å². The first-order valence-corrected chi connectivity index (χ1v) is 7.79. The topological polar surface area (TPSA) is 73.6 Å². The van der Waals surface area contributed by atoms with Crippen LogP contribution < -0.4 is 20.5 Å². The molecule has 1 rings (SSSR count). The maximum atomic E-state index is 12.1. The van der Waals surface area contributed by atoms with Crippen LogP contribution in [0, 0.1) is 0 Å². The van der Waals surface area contributed by atoms with E-state index in [2.05, 4.69) is 5.32 Å². The zero-order valence-electron chi connectivity index (χ0n) is 14.1. The van der Waals surface area contributed by atoms with E-state index >= 15 is 0 Å². The Morgan fingerprint density at radius 2 is 2.04 bits per heavy atom. The van der Waals surface area contributed by atoms with Crippen LogP contribution >= 0.6 is 24.0 Å². The summed E-state index contributed by atoms with van der Waals surface area (Å²) in [6.07, 6.45) is 1.48. The first kappa shape index (κ1) is 21.8. The van der Waals surface area contributed by atoms with Gasteiger partial charge in [-0.05, 0) is 38.0 Å². The monoisotopic (exact) mass is 364 g/mol. The van der Waals surface area contributed by atoms with E-state index in [-0.39, 0.29) is 18.3 Å². The predicted octanol–water partition coefficient (Wildman–Crippen LogP) is 3.30. The number of rotatable bonds is 8. The van der Waals surface area contributed by atoms with E-state index in [0.29, 0.717) is 36.1 Å². The van der Waals surface area contributed by atoms with Gasteiger partial charge in [-0.2, -0.15) is 0 Å². The standard InChI is InChI=1S/C16H25ClN2O3.ClH/c1-5-7-16(3,18)15(20)19-10-11-8-12(17)14(22-6-2)13(9-11)21-4;/h8-9H,5-7,10,18H2,1-4H3,(H,19,20);1H. The van der Waals surface area contributed by atoms with E-state index in [1.165, 1.54) is 0 Å². The first-order valence-electron chi connectivity index (χ1n) is 7.42. The molecule has 0 aliphatic carbocycles. The number of amides is 1. The Hall–Kier alpha value is -1.17. The van der Waals surface area contributed by atoms with Crippen LogP contribution in [0.1, 0.15) is 39.2 Å². The van der Waals surface area contributed by atoms with Crippen molar-refractivity contribution in [1.82, 2.24) is 5.32 Å². The molecular formula is C16H26Cl2N2O3. The summed E-state index contributed by atoms with van der Waals surface area (Å²) in [6, 6.07) is 3.55. The summed E-state index contributed by atoms with van der Waals surface area (Å²) in [5.41, 5.74) is 5.96. The Kier molecular flexibility index (Phi) is 9.35. The van der Waals surface area contributed by atoms with Crippen molar-refractivity contribution in [3.05, 3.63) is 22.7 Å². The fraction of sp³-hybridized carbons (Fsp3) is 0.562. The Morgan fingerprint density at radius 1 is 1.39 bits per heavy atom. The number of carbonyl (C=O) groups excluding carboxylic acids is 1. The van der Waals surface area contributed by atoms with Crippen LogP contribution in [0.5, 0.6) is 11.5 Å². The molecule has 1 amide bonds. The van der Waals surface area contributed by atoms with Gasteiger partial charge in [-0.1, -0.05) is 24.9 Å². The zero-order valence-corrected chi connectivity index (χ0v) is 15.6. The number of hydrogen-bond acceptors (Lipinski definition) is 4. The molecule has 0 radical (unpaired) electrons. The summed E-state index contributed by atoms with van der Waals surface area (Å²) >= 11 is 6.20. The van der Waals surface area contributed by atoms with Crippen LogP contribution in [0.2, 0.25) is 5.02 Å². The molecule has 0 heterocycles. The third-order valence-electron chi connectivity index (χ3n) is 3.32. The first-order chi connectivity index (χ1) is 10.4. The van der Waals surface area contributed by atoms with Gasteiger partial charge >= 0.3 is 0 Å². The van der Waals surface area contributed by atoms with Gasteiger partial charge in [-0.25, -0.2) is 0 Å². The van der Waals surface area contributed by atoms with Gasteiger partial charge in [0, 0.05) is 6.54 Å². The Balaban J connectivity index is 0.00000484. The molecule has 1 aromatic rings. The van der Waals surface area contributed by atoms with Crippen molar-refractivity contribution in [3.8, 4) is 11.5 Å². The molecule has 23 heavy (non-hydrogen) atoms. The van der Waals surface area contributed by atoms with Crippen molar-refractivity contribution in [2.75, 3.05) is 13.7 Å². The van der Waals surface area contributed by atoms with E-state index in [1.807, 2.05) is 13.8 Å². The van der Waals surface area contributed by atoms with Gasteiger partial charge < -0.3 is 20.5 Å². The highest BCUT2D eigenvalue weighted by Gasteiger charge is 2.26. The number of carbonyl (C=O) groups is 1. The van der Waals surface area contributed by atoms with Crippen molar-refractivity contribution < 1.29 is 14.3 Å². The molecule has 0 spiro atoms. The number of nitrogens with two attached hydrogens (primary N) is 1. The Labute approximate surface area is 149 Å². The maximum absolute atomic E-state index is 12.1. The van der Waals surface area contributed by atoms with Crippen LogP contribution in [0.3, 0.4) is 0 Å². The lowest BCUT2D eigenvalue weighted by Gasteiger charge is -2.23. The van der Waals surface area contributed by atoms with Crippen LogP contribution in [-0.4, -0.2) is 25.2 Å². The molecule has 0 saturated heterocycles. The summed E-state index contributed by atoms with van der Waals surface area (Å²) in [5, 5.41) is 3.29. The SMILES string of the molecule is CCCC(C)(N)C(=O)NCc1cc(Cl)c(OCC)c(OC)c1.Cl. The third-order valence-corrected chi connectivity index (χ3v) is 3.60. The second kappa shape index (κ2) is 9.85. The fourth-order valence-corrected chi connectivity index (χ4v) is 2.46. The van der Waals surface area contributed by atoms with E-state index < -0.39 is 5.54 Å². The van der Waals surface area contributed by atoms with Gasteiger partial charge in [0.15, 0.2) is 11.5 Å². The van der Waals surface area contributed by atoms with Crippen LogP contribution in [0.4, 0.5) is 0 Å². The zero-order chi connectivity index (χ0) is 16.8. The van der Waals surface area contributed by atoms with Crippen molar-refractivity contribution >= 4 is 29.9 Å². The summed E-state index contributed by atoms with van der Waals surface area (Å²) in [5.74, 6) is 0.873. The fourth-order valence-electron chi connectivity index (χ4n) is 2.18. The quantitative estimate of drug-likeness (QED) is 0.741. The molecule has 0 saturated carbocycles. The Bertz CT molecular complexity index is 522. The largest absolute Gasteiger partial charge is 0.493 e. The molecule has 5 nitrogen and oxygen atoms in total. The highest BCUT2D eigenvalue weighted by molar-refractivity contribution is 6.32. The average molecular weight is 365 g/mol. The summed E-state index contributed by atoms with van der Waals surface area (Å²) < 4.78 is 10.7. The number of methoxy groups -OCH3 is 1. The summed E-state index contributed by atoms with van der Waals surface area (Å²) in [4.78, 5) is 12.1. The number of ether oxygens (including phenoxy) is 2. The van der Waals surface area contributed by atoms with Gasteiger partial charge in [0.2, 0.25) is 5.91 Å². The van der Waals surface area contributed by atoms with Crippen LogP contribution in [0.25, 0.3) is 0 Å². The second-order valence-electron chi connectivity index (χ2n) is 5.39. The molecule has 0 aliphatic rings. The highest BCUT2D eigenvalue weighted by Crippen LogP contribution is 2.36. The van der Waals surface area contributed by atoms with Crippen molar-refractivity contribution in [2.24, 2.45) is 5.73 Å². The lowest BCUT2D eigenvalue weighted by molar-refractivity contribution is -0.126. The van der Waals surface area contributed by atoms with Gasteiger partial charge in [0.25, 0.3) is 0 Å². The maximum Gasteiger partial charge on any atom is 0.240 e. The summed E-state index contributed by atoms with van der Waals surface area (Å²) in [7, 11) is 1.55. The number of nitrogens with one attached hydrogen (secondary N) is 1. The van der Waals surface area contributed by atoms with Crippen LogP contribution in [-0.2, 0) is 11.3 Å². The molecule has 1 aromatic carbocycles. The second-order valence-corrected chi connectivity index (χ2v) is 5.80. The van der Waals surface area contributed by atoms with Gasteiger partial charge in [0.05, 0.1) is 24.3 Å². The van der Waals surface area contributed by atoms with Gasteiger partial charge in [-0.15, -0.1) is 12.4 Å². The summed E-state index contributed by atoms with van der Waals surface area (Å²) in [6.45, 7) is 6.43. The van der Waals surface area contributed by atoms with Crippen molar-refractivity contribution in [1.29, 1.82) is 0 Å².